The summed E-state index contributed by atoms with van der Waals surface area (Å²) in [5.74, 6) is -0.310. The van der Waals surface area contributed by atoms with E-state index in [9.17, 15) is 4.79 Å². The van der Waals surface area contributed by atoms with Gasteiger partial charge in [0.15, 0.2) is 0 Å². The molecule has 0 aliphatic carbocycles. The van der Waals surface area contributed by atoms with Crippen LogP contribution in [0, 0.1) is 0 Å². The first kappa shape index (κ1) is 26.4. The van der Waals surface area contributed by atoms with Crippen LogP contribution in [0.25, 0.3) is 0 Å². The first-order valence-corrected chi connectivity index (χ1v) is 11.5. The molecule has 0 aromatic carbocycles. The molecular formula is C22H44N4O2. The minimum Gasteiger partial charge on any atom is -0.366 e. The first-order chi connectivity index (χ1) is 13.7. The second kappa shape index (κ2) is 21.7. The summed E-state index contributed by atoms with van der Waals surface area (Å²) in [6.07, 6.45) is 21.6. The summed E-state index contributed by atoms with van der Waals surface area (Å²) < 4.78 is 0. The minimum absolute atomic E-state index is 0.0000831. The normalized spacial score (nSPS) is 11.9. The minimum atomic E-state index is -0.311. The molecule has 0 radical (unpaired) electrons. The summed E-state index contributed by atoms with van der Waals surface area (Å²) in [5, 5.41) is 7.68. The Kier molecular flexibility index (Phi) is 20.5. The van der Waals surface area contributed by atoms with Gasteiger partial charge in [-0.3, -0.25) is 0 Å². The highest BCUT2D eigenvalue weighted by Crippen LogP contribution is 2.09. The Morgan fingerprint density at radius 1 is 0.821 bits per heavy atom. The highest BCUT2D eigenvalue weighted by molar-refractivity contribution is 5.79. The van der Waals surface area contributed by atoms with Crippen molar-refractivity contribution in [2.24, 2.45) is 15.9 Å². The van der Waals surface area contributed by atoms with Crippen LogP contribution in [-0.2, 0) is 9.63 Å². The van der Waals surface area contributed by atoms with Crippen LogP contribution in [0.15, 0.2) is 10.2 Å². The zero-order valence-corrected chi connectivity index (χ0v) is 18.4. The van der Waals surface area contributed by atoms with Gasteiger partial charge in [0, 0.05) is 12.6 Å². The van der Waals surface area contributed by atoms with Gasteiger partial charge in [-0.1, -0.05) is 97.3 Å². The maximum absolute atomic E-state index is 11.6. The van der Waals surface area contributed by atoms with E-state index in [1.807, 2.05) is 0 Å². The van der Waals surface area contributed by atoms with Crippen molar-refractivity contribution < 1.29 is 9.63 Å². The number of nitrogens with one attached hydrogen (secondary N) is 1. The highest BCUT2D eigenvalue weighted by atomic mass is 16.7. The number of carbonyl (C=O) groups excluding carboxylic acids is 1. The van der Waals surface area contributed by atoms with Crippen LogP contribution in [0.4, 0.5) is 0 Å². The topological polar surface area (TPSA) is 89.1 Å². The van der Waals surface area contributed by atoms with Crippen molar-refractivity contribution in [1.82, 2.24) is 5.48 Å². The van der Waals surface area contributed by atoms with E-state index in [1.54, 1.807) is 6.21 Å². The number of hydrogen-bond donors (Lipinski definition) is 2. The molecule has 0 aliphatic heterocycles. The van der Waals surface area contributed by atoms with Gasteiger partial charge in [-0.15, -0.1) is 5.10 Å². The lowest BCUT2D eigenvalue weighted by atomic mass is 10.1. The van der Waals surface area contributed by atoms with E-state index in [4.69, 9.17) is 10.6 Å². The molecule has 0 heterocycles. The molecule has 0 amide bonds. The fraction of sp³-hybridized carbons (Fsp3) is 0.864. The zero-order valence-electron chi connectivity index (χ0n) is 18.4. The molecule has 6 heteroatoms. The van der Waals surface area contributed by atoms with Gasteiger partial charge in [0.05, 0.1) is 0 Å². The third-order valence-electron chi connectivity index (χ3n) is 4.69. The standard InChI is InChI=1S/C22H44N4O2/c1-3-5-7-9-11-12-14-16-18-20-24-25-22(23)26-28-21(27)19-17-15-13-10-8-6-4-2/h20H,3-19H2,1-2H3,(H3,23,25,26). The summed E-state index contributed by atoms with van der Waals surface area (Å²) in [5.41, 5.74) is 7.96. The van der Waals surface area contributed by atoms with Gasteiger partial charge in [0.1, 0.15) is 0 Å². The quantitative estimate of drug-likeness (QED) is 0.129. The van der Waals surface area contributed by atoms with Gasteiger partial charge in [-0.2, -0.15) is 10.6 Å². The Morgan fingerprint density at radius 3 is 1.89 bits per heavy atom. The van der Waals surface area contributed by atoms with E-state index in [1.165, 1.54) is 77.0 Å². The van der Waals surface area contributed by atoms with Crippen molar-refractivity contribution in [1.29, 1.82) is 0 Å². The van der Waals surface area contributed by atoms with E-state index < -0.39 is 0 Å². The Morgan fingerprint density at radius 2 is 1.32 bits per heavy atom. The van der Waals surface area contributed by atoms with Crippen LogP contribution < -0.4 is 11.2 Å². The Balaban J connectivity index is 3.51. The molecule has 0 unspecified atom stereocenters. The van der Waals surface area contributed by atoms with Crippen molar-refractivity contribution in [3.05, 3.63) is 0 Å². The van der Waals surface area contributed by atoms with Crippen LogP contribution in [0.1, 0.15) is 123 Å². The third kappa shape index (κ3) is 20.7. The molecular weight excluding hydrogens is 352 g/mol. The van der Waals surface area contributed by atoms with Gasteiger partial charge in [0.25, 0.3) is 0 Å². The summed E-state index contributed by atoms with van der Waals surface area (Å²) in [4.78, 5) is 16.5. The van der Waals surface area contributed by atoms with E-state index in [2.05, 4.69) is 29.5 Å². The molecule has 0 rings (SSSR count). The summed E-state index contributed by atoms with van der Waals surface area (Å²) in [6, 6.07) is 0. The van der Waals surface area contributed by atoms with Gasteiger partial charge in [-0.05, 0) is 19.3 Å². The number of guanidine groups is 1. The van der Waals surface area contributed by atoms with Gasteiger partial charge in [0.2, 0.25) is 5.96 Å². The molecule has 3 N–H and O–H groups in total. The molecule has 0 spiro atoms. The van der Waals surface area contributed by atoms with Crippen LogP contribution in [0.5, 0.6) is 0 Å². The van der Waals surface area contributed by atoms with Crippen LogP contribution in [0.3, 0.4) is 0 Å². The van der Waals surface area contributed by atoms with E-state index in [-0.39, 0.29) is 11.9 Å². The molecule has 0 fully saturated rings. The molecule has 0 bridgehead atoms. The van der Waals surface area contributed by atoms with Gasteiger partial charge < -0.3 is 10.6 Å². The van der Waals surface area contributed by atoms with Crippen molar-refractivity contribution in [2.45, 2.75) is 123 Å². The average molecular weight is 397 g/mol. The van der Waals surface area contributed by atoms with Crippen molar-refractivity contribution >= 4 is 18.1 Å². The molecule has 0 atom stereocenters. The third-order valence-corrected chi connectivity index (χ3v) is 4.69. The number of rotatable bonds is 18. The fourth-order valence-corrected chi connectivity index (χ4v) is 2.94. The van der Waals surface area contributed by atoms with Crippen LogP contribution >= 0.6 is 0 Å². The smallest absolute Gasteiger partial charge is 0.332 e. The Bertz CT molecular complexity index is 411. The average Bonchev–Trinajstić information content (AvgIpc) is 2.69. The SMILES string of the molecule is CCCCCCCCCCC=NN=C(N)NOC(=O)CCCCCCCCC. The zero-order chi connectivity index (χ0) is 20.7. The second-order valence-electron chi connectivity index (χ2n) is 7.49. The number of nitrogens with zero attached hydrogens (tertiary/aromatic N) is 2. The summed E-state index contributed by atoms with van der Waals surface area (Å²) in [7, 11) is 0. The molecule has 0 saturated carbocycles. The molecule has 0 saturated heterocycles. The Labute approximate surface area is 172 Å². The molecule has 6 nitrogen and oxygen atoms in total. The van der Waals surface area contributed by atoms with Crippen molar-refractivity contribution in [2.75, 3.05) is 0 Å². The number of hydroxylamine groups is 1. The number of nitrogens with two attached hydrogens (primary N) is 1. The maximum Gasteiger partial charge on any atom is 0.332 e. The lowest BCUT2D eigenvalue weighted by molar-refractivity contribution is -0.148. The molecule has 28 heavy (non-hydrogen) atoms. The summed E-state index contributed by atoms with van der Waals surface area (Å²) in [6.45, 7) is 4.45. The van der Waals surface area contributed by atoms with Gasteiger partial charge >= 0.3 is 5.97 Å². The van der Waals surface area contributed by atoms with Crippen LogP contribution in [0.2, 0.25) is 0 Å². The number of hydrogen-bond acceptors (Lipinski definition) is 4. The number of carbonyl (C=O) groups is 1. The maximum atomic E-state index is 11.6. The lowest BCUT2D eigenvalue weighted by Crippen LogP contribution is -2.33. The van der Waals surface area contributed by atoms with E-state index in [0.29, 0.717) is 6.42 Å². The molecule has 0 aromatic rings. The fourth-order valence-electron chi connectivity index (χ4n) is 2.94. The largest absolute Gasteiger partial charge is 0.366 e. The molecule has 0 aliphatic rings. The highest BCUT2D eigenvalue weighted by Gasteiger charge is 2.03. The van der Waals surface area contributed by atoms with E-state index in [0.717, 1.165) is 25.7 Å². The second-order valence-corrected chi connectivity index (χ2v) is 7.49. The predicted molar refractivity (Wildman–Crippen MR) is 119 cm³/mol. The van der Waals surface area contributed by atoms with Gasteiger partial charge in [-0.25, -0.2) is 4.79 Å². The van der Waals surface area contributed by atoms with Crippen molar-refractivity contribution in [3.8, 4) is 0 Å². The van der Waals surface area contributed by atoms with E-state index >= 15 is 0 Å². The van der Waals surface area contributed by atoms with Crippen molar-refractivity contribution in [3.63, 3.8) is 0 Å². The predicted octanol–water partition coefficient (Wildman–Crippen LogP) is 6.01. The molecule has 0 aromatic heterocycles. The molecule has 164 valence electrons. The number of unbranched alkanes of at least 4 members (excludes halogenated alkanes) is 14. The summed E-state index contributed by atoms with van der Waals surface area (Å²) >= 11 is 0. The first-order valence-electron chi connectivity index (χ1n) is 11.5. The van der Waals surface area contributed by atoms with Crippen LogP contribution in [-0.4, -0.2) is 18.1 Å². The lowest BCUT2D eigenvalue weighted by Gasteiger charge is -2.05. The monoisotopic (exact) mass is 396 g/mol. The Hall–Kier alpha value is -1.59.